The van der Waals surface area contributed by atoms with Gasteiger partial charge in [-0.3, -0.25) is 9.59 Å². The number of carbonyl (C=O) groups excluding carboxylic acids is 3. The van der Waals surface area contributed by atoms with Crippen molar-refractivity contribution >= 4 is 46.5 Å². The highest BCUT2D eigenvalue weighted by molar-refractivity contribution is 6.17. The summed E-state index contributed by atoms with van der Waals surface area (Å²) in [4.78, 5) is 41.7. The lowest BCUT2D eigenvalue weighted by Crippen LogP contribution is -2.33. The van der Waals surface area contributed by atoms with Gasteiger partial charge in [0.25, 0.3) is 11.8 Å². The van der Waals surface area contributed by atoms with Crippen molar-refractivity contribution in [2.75, 3.05) is 25.5 Å². The molecule has 10 nitrogen and oxygen atoms in total. The zero-order valence-electron chi connectivity index (χ0n) is 17.4. The minimum absolute atomic E-state index is 0.232. The van der Waals surface area contributed by atoms with E-state index >= 15 is 0 Å². The van der Waals surface area contributed by atoms with E-state index in [0.717, 1.165) is 10.5 Å². The van der Waals surface area contributed by atoms with Crippen LogP contribution in [-0.4, -0.2) is 57.6 Å². The molecule has 2 heterocycles. The molecular formula is C20H21ClN6O4. The number of imide groups is 1. The number of benzene rings is 1. The molecule has 0 aliphatic rings. The molecule has 0 unspecified atom stereocenters. The van der Waals surface area contributed by atoms with Crippen LogP contribution in [0.3, 0.4) is 0 Å². The van der Waals surface area contributed by atoms with Crippen LogP contribution >= 0.6 is 11.6 Å². The van der Waals surface area contributed by atoms with Crippen molar-refractivity contribution in [1.29, 1.82) is 0 Å². The molecule has 2 N–H and O–H groups in total. The van der Waals surface area contributed by atoms with Gasteiger partial charge in [0.05, 0.1) is 5.56 Å². The second-order valence-electron chi connectivity index (χ2n) is 6.69. The summed E-state index contributed by atoms with van der Waals surface area (Å²) in [5.41, 5.74) is 3.52. The van der Waals surface area contributed by atoms with Crippen molar-refractivity contribution in [3.63, 3.8) is 0 Å². The van der Waals surface area contributed by atoms with Gasteiger partial charge in [0.15, 0.2) is 11.9 Å². The number of rotatable bonds is 5. The highest BCUT2D eigenvalue weighted by atomic mass is 35.5. The fraction of sp³-hybridized carbons (Fsp3) is 0.250. The van der Waals surface area contributed by atoms with Crippen LogP contribution in [0.5, 0.6) is 0 Å². The molecule has 1 aromatic carbocycles. The number of hydrogen-bond acceptors (Lipinski definition) is 7. The fourth-order valence-electron chi connectivity index (χ4n) is 3.05. The van der Waals surface area contributed by atoms with Crippen LogP contribution in [0.2, 0.25) is 0 Å². The van der Waals surface area contributed by atoms with E-state index in [9.17, 15) is 14.4 Å². The molecular weight excluding hydrogens is 424 g/mol. The normalized spacial score (nSPS) is 10.6. The molecule has 3 rings (SSSR count). The molecule has 0 fully saturated rings. The summed E-state index contributed by atoms with van der Waals surface area (Å²) in [6, 6.07) is 4.61. The van der Waals surface area contributed by atoms with Gasteiger partial charge in [-0.1, -0.05) is 17.7 Å². The molecule has 31 heavy (non-hydrogen) atoms. The highest BCUT2D eigenvalue weighted by Crippen LogP contribution is 2.27. The van der Waals surface area contributed by atoms with E-state index in [4.69, 9.17) is 11.6 Å². The number of fused-ring (bicyclic) bond motifs is 1. The minimum Gasteiger partial charge on any atom is -0.433 e. The Morgan fingerprint density at radius 3 is 2.68 bits per heavy atom. The quantitative estimate of drug-likeness (QED) is 0.581. The van der Waals surface area contributed by atoms with E-state index in [1.807, 2.05) is 6.92 Å². The van der Waals surface area contributed by atoms with Gasteiger partial charge in [0, 0.05) is 31.5 Å². The van der Waals surface area contributed by atoms with Gasteiger partial charge < -0.3 is 15.4 Å². The van der Waals surface area contributed by atoms with E-state index in [-0.39, 0.29) is 17.5 Å². The largest absolute Gasteiger partial charge is 0.433 e. The van der Waals surface area contributed by atoms with E-state index in [1.165, 1.54) is 13.4 Å². The molecule has 0 radical (unpaired) electrons. The minimum atomic E-state index is -0.849. The number of hydrogen-bond donors (Lipinski definition) is 2. The van der Waals surface area contributed by atoms with Crippen molar-refractivity contribution in [2.45, 2.75) is 13.8 Å². The van der Waals surface area contributed by atoms with Crippen molar-refractivity contribution in [2.24, 2.45) is 0 Å². The Kier molecular flexibility index (Phi) is 6.40. The van der Waals surface area contributed by atoms with E-state index < -0.39 is 12.0 Å². The van der Waals surface area contributed by atoms with Gasteiger partial charge in [0.2, 0.25) is 0 Å². The van der Waals surface area contributed by atoms with Gasteiger partial charge in [-0.25, -0.2) is 19.2 Å². The van der Waals surface area contributed by atoms with Crippen LogP contribution < -0.4 is 10.6 Å². The number of aromatic nitrogens is 3. The number of aryl methyl sites for hydroxylation is 2. The van der Waals surface area contributed by atoms with Gasteiger partial charge >= 0.3 is 6.09 Å². The first-order chi connectivity index (χ1) is 14.8. The van der Waals surface area contributed by atoms with Gasteiger partial charge in [-0.05, 0) is 37.1 Å². The molecule has 0 spiro atoms. The first kappa shape index (κ1) is 22.0. The predicted octanol–water partition coefficient (Wildman–Crippen LogP) is 2.85. The Bertz CT molecular complexity index is 1180. The highest BCUT2D eigenvalue weighted by Gasteiger charge is 2.21. The lowest BCUT2D eigenvalue weighted by molar-refractivity contribution is 0.0740. The lowest BCUT2D eigenvalue weighted by atomic mass is 10.1. The molecule has 11 heteroatoms. The van der Waals surface area contributed by atoms with Crippen LogP contribution in [0.25, 0.3) is 5.52 Å². The van der Waals surface area contributed by atoms with Crippen molar-refractivity contribution < 1.29 is 19.1 Å². The van der Waals surface area contributed by atoms with Crippen molar-refractivity contribution in [1.82, 2.24) is 24.8 Å². The van der Waals surface area contributed by atoms with Gasteiger partial charge in [-0.15, -0.1) is 0 Å². The summed E-state index contributed by atoms with van der Waals surface area (Å²) in [7, 11) is 2.86. The van der Waals surface area contributed by atoms with Crippen LogP contribution in [0.15, 0.2) is 30.7 Å². The topological polar surface area (TPSA) is 118 Å². The van der Waals surface area contributed by atoms with Crippen LogP contribution in [-0.2, 0) is 4.74 Å². The third-order valence-corrected chi connectivity index (χ3v) is 4.90. The van der Waals surface area contributed by atoms with Crippen LogP contribution in [0.1, 0.15) is 31.8 Å². The summed E-state index contributed by atoms with van der Waals surface area (Å²) < 4.78 is 6.22. The molecule has 0 atom stereocenters. The zero-order chi connectivity index (χ0) is 22.7. The molecule has 0 saturated heterocycles. The summed E-state index contributed by atoms with van der Waals surface area (Å²) >= 11 is 5.39. The number of carbonyl (C=O) groups is 3. The molecule has 0 bridgehead atoms. The molecule has 162 valence electrons. The smallest absolute Gasteiger partial charge is 0.417 e. The van der Waals surface area contributed by atoms with Gasteiger partial charge in [0.1, 0.15) is 11.8 Å². The third-order valence-electron chi connectivity index (χ3n) is 4.79. The second kappa shape index (κ2) is 9.00. The summed E-state index contributed by atoms with van der Waals surface area (Å²) in [5.74, 6) is -0.318. The zero-order valence-corrected chi connectivity index (χ0v) is 18.1. The molecule has 3 amide bonds. The van der Waals surface area contributed by atoms with E-state index in [1.54, 1.807) is 42.9 Å². The molecule has 3 aromatic rings. The molecule has 0 aliphatic carbocycles. The maximum Gasteiger partial charge on any atom is 0.417 e. The number of alkyl halides is 1. The number of nitrogens with zero attached hydrogens (tertiary/aromatic N) is 4. The first-order valence-corrected chi connectivity index (χ1v) is 9.75. The molecule has 0 saturated carbocycles. The van der Waals surface area contributed by atoms with Crippen molar-refractivity contribution in [3.8, 4) is 0 Å². The van der Waals surface area contributed by atoms with Crippen molar-refractivity contribution in [3.05, 3.63) is 53.0 Å². The SMILES string of the molecule is CNC(=O)c1cn2ncnc(Nc3cc(C(=O)N(C)C(=O)OCCl)ccc3C)c2c1C. The van der Waals surface area contributed by atoms with Crippen LogP contribution in [0, 0.1) is 13.8 Å². The summed E-state index contributed by atoms with van der Waals surface area (Å²) in [6.45, 7) is 3.67. The number of nitrogens with one attached hydrogen (secondary N) is 2. The maximum atomic E-state index is 12.6. The van der Waals surface area contributed by atoms with Gasteiger partial charge in [-0.2, -0.15) is 5.10 Å². The third kappa shape index (κ3) is 4.29. The Morgan fingerprint density at radius 1 is 1.26 bits per heavy atom. The number of amides is 3. The Balaban J connectivity index is 1.98. The fourth-order valence-corrected chi connectivity index (χ4v) is 3.15. The number of anilines is 2. The monoisotopic (exact) mass is 444 g/mol. The summed E-state index contributed by atoms with van der Waals surface area (Å²) in [6.07, 6.45) is 2.14. The average Bonchev–Trinajstić information content (AvgIpc) is 3.11. The summed E-state index contributed by atoms with van der Waals surface area (Å²) in [5, 5.41) is 9.98. The van der Waals surface area contributed by atoms with Crippen LogP contribution in [0.4, 0.5) is 16.3 Å². The van der Waals surface area contributed by atoms with E-state index in [0.29, 0.717) is 28.1 Å². The first-order valence-electron chi connectivity index (χ1n) is 9.22. The number of halogens is 1. The standard InChI is InChI=1S/C20H21ClN6O4/c1-11-5-6-13(19(29)26(4)20(30)31-9-21)7-15(11)25-17-16-12(2)14(18(28)22-3)8-27(16)24-10-23-17/h5-8,10H,9H2,1-4H3,(H,22,28)(H,23,24,25). The lowest BCUT2D eigenvalue weighted by Gasteiger charge is -2.16. The number of ether oxygens (including phenoxy) is 1. The second-order valence-corrected chi connectivity index (χ2v) is 6.91. The molecule has 2 aromatic heterocycles. The Labute approximate surface area is 183 Å². The predicted molar refractivity (Wildman–Crippen MR) is 115 cm³/mol. The molecule has 0 aliphatic heterocycles. The average molecular weight is 445 g/mol. The maximum absolute atomic E-state index is 12.6. The Hall–Kier alpha value is -3.66. The van der Waals surface area contributed by atoms with E-state index in [2.05, 4.69) is 25.5 Å². The Morgan fingerprint density at radius 2 is 2.00 bits per heavy atom.